The highest BCUT2D eigenvalue weighted by Gasteiger charge is 2.51. The van der Waals surface area contributed by atoms with Crippen molar-refractivity contribution >= 4 is 32.7 Å². The first kappa shape index (κ1) is 21.8. The van der Waals surface area contributed by atoms with Crippen LogP contribution in [0.3, 0.4) is 0 Å². The van der Waals surface area contributed by atoms with Crippen LogP contribution in [0.4, 0.5) is 5.82 Å². The Hall–Kier alpha value is -3.03. The Morgan fingerprint density at radius 1 is 1.36 bits per heavy atom. The minimum Gasteiger partial charge on any atom is -0.388 e. The van der Waals surface area contributed by atoms with Crippen molar-refractivity contribution in [2.24, 2.45) is 11.1 Å². The van der Waals surface area contributed by atoms with Crippen LogP contribution >= 0.6 is 0 Å². The Balaban J connectivity index is 1.44. The van der Waals surface area contributed by atoms with Gasteiger partial charge in [0.2, 0.25) is 0 Å². The average molecular weight is 473 g/mol. The number of nitrogens with two attached hydrogens (primary N) is 1. The first-order chi connectivity index (χ1) is 15.6. The monoisotopic (exact) mass is 472 g/mol. The van der Waals surface area contributed by atoms with Gasteiger partial charge in [-0.05, 0) is 25.5 Å². The van der Waals surface area contributed by atoms with E-state index in [0.29, 0.717) is 11.5 Å². The molecule has 33 heavy (non-hydrogen) atoms. The molecule has 1 saturated carbocycles. The smallest absolute Gasteiger partial charge is 0.333 e. The number of aliphatic hydroxyl groups excluding tert-OH is 1. The van der Waals surface area contributed by atoms with Crippen LogP contribution in [0.2, 0.25) is 0 Å². The van der Waals surface area contributed by atoms with E-state index in [-0.39, 0.29) is 13.0 Å². The van der Waals surface area contributed by atoms with Crippen molar-refractivity contribution in [1.82, 2.24) is 19.6 Å². The number of hydrogen-bond donors (Lipinski definition) is 5. The maximum atomic E-state index is 11.2. The van der Waals surface area contributed by atoms with E-state index in [1.54, 1.807) is 16.8 Å². The van der Waals surface area contributed by atoms with Crippen molar-refractivity contribution < 1.29 is 22.8 Å². The third-order valence-electron chi connectivity index (χ3n) is 6.33. The zero-order chi connectivity index (χ0) is 23.4. The predicted molar refractivity (Wildman–Crippen MR) is 121 cm³/mol. The minimum absolute atomic E-state index is 0.254. The second-order valence-corrected chi connectivity index (χ2v) is 9.73. The van der Waals surface area contributed by atoms with Gasteiger partial charge in [0, 0.05) is 40.8 Å². The largest absolute Gasteiger partial charge is 0.388 e. The molecule has 12 heteroatoms. The molecule has 1 fully saturated rings. The zero-order valence-corrected chi connectivity index (χ0v) is 18.5. The van der Waals surface area contributed by atoms with Crippen molar-refractivity contribution in [1.29, 1.82) is 0 Å². The Labute approximate surface area is 189 Å². The lowest BCUT2D eigenvalue weighted by Crippen LogP contribution is -2.46. The van der Waals surface area contributed by atoms with Gasteiger partial charge in [0.1, 0.15) is 11.9 Å². The van der Waals surface area contributed by atoms with Crippen LogP contribution in [0.5, 0.6) is 0 Å². The molecule has 0 saturated heterocycles. The van der Waals surface area contributed by atoms with Crippen LogP contribution in [0, 0.1) is 5.92 Å². The third kappa shape index (κ3) is 3.96. The quantitative estimate of drug-likeness (QED) is 0.277. The molecule has 4 unspecified atom stereocenters. The van der Waals surface area contributed by atoms with E-state index in [0.717, 1.165) is 22.2 Å². The molecule has 0 bridgehead atoms. The molecule has 4 aromatic rings. The number of aliphatic hydroxyl groups is 2. The number of H-pyrrole nitrogens is 1. The predicted octanol–water partition coefficient (Wildman–Crippen LogP) is 1.01. The fourth-order valence-electron chi connectivity index (χ4n) is 4.48. The number of nitrogens with zero attached hydrogens (tertiary/aromatic N) is 3. The second-order valence-electron chi connectivity index (χ2n) is 8.51. The summed E-state index contributed by atoms with van der Waals surface area (Å²) in [4.78, 5) is 7.62. The van der Waals surface area contributed by atoms with Gasteiger partial charge in [0.05, 0.1) is 23.9 Å². The fourth-order valence-corrected chi connectivity index (χ4v) is 4.84. The highest BCUT2D eigenvalue weighted by atomic mass is 32.2. The summed E-state index contributed by atoms with van der Waals surface area (Å²) in [5.74, 6) is -0.0842. The van der Waals surface area contributed by atoms with Gasteiger partial charge in [-0.1, -0.05) is 18.2 Å². The summed E-state index contributed by atoms with van der Waals surface area (Å²) in [7, 11) is -4.16. The van der Waals surface area contributed by atoms with E-state index < -0.39 is 34.0 Å². The number of hydrogen-bond acceptors (Lipinski definition) is 8. The molecule has 3 aromatic heterocycles. The Morgan fingerprint density at radius 3 is 2.94 bits per heavy atom. The van der Waals surface area contributed by atoms with Gasteiger partial charge in [-0.15, -0.1) is 0 Å². The number of aromatic amines is 1. The molecule has 174 valence electrons. The van der Waals surface area contributed by atoms with Crippen LogP contribution in [0.1, 0.15) is 13.3 Å². The van der Waals surface area contributed by atoms with Crippen molar-refractivity contribution in [2.45, 2.75) is 31.1 Å². The molecular weight excluding hydrogens is 448 g/mol. The molecule has 0 radical (unpaired) electrons. The number of rotatable bonds is 6. The molecule has 0 amide bonds. The van der Waals surface area contributed by atoms with Gasteiger partial charge in [-0.2, -0.15) is 18.0 Å². The van der Waals surface area contributed by atoms with Crippen molar-refractivity contribution in [3.8, 4) is 11.3 Å². The van der Waals surface area contributed by atoms with Crippen molar-refractivity contribution in [3.63, 3.8) is 0 Å². The summed E-state index contributed by atoms with van der Waals surface area (Å²) in [5, 5.41) is 35.4. The standard InChI is InChI=1S/C21H24N6O5S/c1-21(29)12(11-32-33(22,30)31)8-17(20(21)28)25-18-6-7-23-19-9-16(26-27(18)19)14-10-24-15-5-3-2-4-13(14)15/h2-7,9-10,12,17,20,24-25,28-29H,8,11H2,1H3,(H2,22,30,31). The van der Waals surface area contributed by atoms with E-state index in [1.165, 1.54) is 6.92 Å². The molecule has 0 spiro atoms. The topological polar surface area (TPSA) is 168 Å². The minimum atomic E-state index is -4.16. The number of anilines is 1. The van der Waals surface area contributed by atoms with Crippen molar-refractivity contribution in [2.75, 3.05) is 11.9 Å². The first-order valence-electron chi connectivity index (χ1n) is 10.4. The molecule has 5 rings (SSSR count). The molecule has 0 aliphatic heterocycles. The molecule has 1 aromatic carbocycles. The number of aromatic nitrogens is 4. The van der Waals surface area contributed by atoms with Gasteiger partial charge in [-0.3, -0.25) is 4.18 Å². The van der Waals surface area contributed by atoms with E-state index in [2.05, 4.69) is 19.5 Å². The van der Waals surface area contributed by atoms with Gasteiger partial charge in [0.15, 0.2) is 5.65 Å². The third-order valence-corrected chi connectivity index (χ3v) is 6.80. The molecule has 11 nitrogen and oxygen atoms in total. The maximum absolute atomic E-state index is 11.2. The van der Waals surface area contributed by atoms with Crippen LogP contribution in [-0.4, -0.2) is 62.6 Å². The summed E-state index contributed by atoms with van der Waals surface area (Å²) in [6, 6.07) is 10.9. The van der Waals surface area contributed by atoms with E-state index in [4.69, 9.17) is 10.2 Å². The SMILES string of the molecule is CC1(O)C(COS(N)(=O)=O)CC(Nc2ccnc3cc(-c4c[nH]c5ccccc45)nn23)C1O. The Morgan fingerprint density at radius 2 is 2.15 bits per heavy atom. The number of para-hydroxylation sites is 1. The van der Waals surface area contributed by atoms with Gasteiger partial charge < -0.3 is 20.5 Å². The lowest BCUT2D eigenvalue weighted by Gasteiger charge is -2.29. The molecule has 6 N–H and O–H groups in total. The lowest BCUT2D eigenvalue weighted by atomic mass is 9.92. The van der Waals surface area contributed by atoms with Crippen molar-refractivity contribution in [3.05, 3.63) is 48.8 Å². The van der Waals surface area contributed by atoms with Crippen LogP contribution in [-0.2, 0) is 14.5 Å². The van der Waals surface area contributed by atoms with E-state index in [1.807, 2.05) is 36.5 Å². The molecule has 1 aliphatic carbocycles. The summed E-state index contributed by atoms with van der Waals surface area (Å²) < 4.78 is 28.6. The van der Waals surface area contributed by atoms with E-state index >= 15 is 0 Å². The Bertz CT molecular complexity index is 1430. The molecule has 3 heterocycles. The molecular formula is C21H24N6O5S. The maximum Gasteiger partial charge on any atom is 0.333 e. The normalized spacial score (nSPS) is 25.8. The number of nitrogens with one attached hydrogen (secondary N) is 2. The summed E-state index contributed by atoms with van der Waals surface area (Å²) >= 11 is 0. The number of fused-ring (bicyclic) bond motifs is 2. The van der Waals surface area contributed by atoms with Gasteiger partial charge in [-0.25, -0.2) is 10.1 Å². The fraction of sp³-hybridized carbons (Fsp3) is 0.333. The molecule has 4 atom stereocenters. The van der Waals surface area contributed by atoms with Gasteiger partial charge >= 0.3 is 10.3 Å². The van der Waals surface area contributed by atoms with Crippen LogP contribution in [0.15, 0.2) is 48.8 Å². The highest BCUT2D eigenvalue weighted by Crippen LogP contribution is 2.38. The number of benzene rings is 1. The zero-order valence-electron chi connectivity index (χ0n) is 17.7. The second kappa shape index (κ2) is 7.78. The van der Waals surface area contributed by atoms with Crippen LogP contribution in [0.25, 0.3) is 27.8 Å². The van der Waals surface area contributed by atoms with E-state index in [9.17, 15) is 18.6 Å². The highest BCUT2D eigenvalue weighted by molar-refractivity contribution is 7.84. The summed E-state index contributed by atoms with van der Waals surface area (Å²) in [6.07, 6.45) is 2.59. The lowest BCUT2D eigenvalue weighted by molar-refractivity contribution is -0.0759. The first-order valence-corrected chi connectivity index (χ1v) is 11.9. The van der Waals surface area contributed by atoms with Gasteiger partial charge in [0.25, 0.3) is 0 Å². The summed E-state index contributed by atoms with van der Waals surface area (Å²) in [6.45, 7) is 1.11. The molecule has 1 aliphatic rings. The summed E-state index contributed by atoms with van der Waals surface area (Å²) in [5.41, 5.74) is 1.70. The average Bonchev–Trinajstić information content (AvgIpc) is 3.43. The van der Waals surface area contributed by atoms with Crippen LogP contribution < -0.4 is 10.5 Å². The Kier molecular flexibility index (Phi) is 5.14.